The minimum absolute atomic E-state index is 0.428. The van der Waals surface area contributed by atoms with E-state index < -0.39 is 0 Å². The first kappa shape index (κ1) is 9.35. The zero-order valence-corrected chi connectivity index (χ0v) is 9.33. The highest BCUT2D eigenvalue weighted by molar-refractivity contribution is 14.1. The van der Waals surface area contributed by atoms with E-state index in [1.54, 1.807) is 6.92 Å². The van der Waals surface area contributed by atoms with Crippen LogP contribution in [0.25, 0.3) is 0 Å². The Morgan fingerprint density at radius 2 is 1.91 bits per heavy atom. The van der Waals surface area contributed by atoms with E-state index in [-0.39, 0.29) is 0 Å². The molecule has 0 saturated heterocycles. The van der Waals surface area contributed by atoms with E-state index in [4.69, 9.17) is 28.9 Å². The van der Waals surface area contributed by atoms with Gasteiger partial charge in [0.15, 0.2) is 0 Å². The SMILES string of the molecule is Cc1nc(N)c(I)c(Cl)c1Cl. The largest absolute Gasteiger partial charge is 0.383 e. The predicted octanol–water partition coefficient (Wildman–Crippen LogP) is 2.88. The van der Waals surface area contributed by atoms with Gasteiger partial charge in [0.25, 0.3) is 0 Å². The van der Waals surface area contributed by atoms with Gasteiger partial charge in [0, 0.05) is 0 Å². The molecule has 1 aromatic rings. The van der Waals surface area contributed by atoms with E-state index in [2.05, 4.69) is 4.98 Å². The number of pyridine rings is 1. The average molecular weight is 303 g/mol. The van der Waals surface area contributed by atoms with E-state index in [0.29, 0.717) is 25.1 Å². The Kier molecular flexibility index (Phi) is 2.83. The summed E-state index contributed by atoms with van der Waals surface area (Å²) in [6, 6.07) is 0. The summed E-state index contributed by atoms with van der Waals surface area (Å²) >= 11 is 13.6. The van der Waals surface area contributed by atoms with E-state index in [1.165, 1.54) is 0 Å². The van der Waals surface area contributed by atoms with Crippen LogP contribution in [0.5, 0.6) is 0 Å². The molecule has 60 valence electrons. The van der Waals surface area contributed by atoms with Gasteiger partial charge in [0.2, 0.25) is 0 Å². The minimum atomic E-state index is 0.428. The highest BCUT2D eigenvalue weighted by Gasteiger charge is 2.09. The second-order valence-corrected chi connectivity index (χ2v) is 3.86. The molecule has 0 radical (unpaired) electrons. The van der Waals surface area contributed by atoms with Gasteiger partial charge in [-0.3, -0.25) is 0 Å². The van der Waals surface area contributed by atoms with Gasteiger partial charge in [-0.2, -0.15) is 0 Å². The molecule has 0 spiro atoms. The quantitative estimate of drug-likeness (QED) is 0.749. The summed E-state index contributed by atoms with van der Waals surface area (Å²) in [5.41, 5.74) is 6.19. The molecule has 0 saturated carbocycles. The Bertz CT molecular complexity index is 275. The molecule has 0 atom stereocenters. The number of hydrogen-bond donors (Lipinski definition) is 1. The molecule has 0 aliphatic carbocycles. The molecule has 0 bridgehead atoms. The molecule has 0 aliphatic rings. The maximum atomic E-state index is 5.83. The number of nitrogen functional groups attached to an aromatic ring is 1. The highest BCUT2D eigenvalue weighted by Crippen LogP contribution is 2.31. The summed E-state index contributed by atoms with van der Waals surface area (Å²) < 4.78 is 0.708. The summed E-state index contributed by atoms with van der Waals surface area (Å²) in [5.74, 6) is 0.428. The molecule has 5 heteroatoms. The molecule has 0 aliphatic heterocycles. The first-order chi connectivity index (χ1) is 5.04. The van der Waals surface area contributed by atoms with Crippen LogP contribution in [0.3, 0.4) is 0 Å². The van der Waals surface area contributed by atoms with E-state index in [9.17, 15) is 0 Å². The maximum absolute atomic E-state index is 5.83. The number of hydrogen-bond acceptors (Lipinski definition) is 2. The van der Waals surface area contributed by atoms with Crippen molar-refractivity contribution in [1.29, 1.82) is 0 Å². The summed E-state index contributed by atoms with van der Waals surface area (Å²) in [5, 5.41) is 0.961. The zero-order valence-electron chi connectivity index (χ0n) is 5.66. The lowest BCUT2D eigenvalue weighted by atomic mass is 10.4. The van der Waals surface area contributed by atoms with Crippen LogP contribution in [0.2, 0.25) is 10.0 Å². The van der Waals surface area contributed by atoms with Crippen LogP contribution >= 0.6 is 45.8 Å². The molecule has 0 unspecified atom stereocenters. The average Bonchev–Trinajstić information content (AvgIpc) is 1.97. The van der Waals surface area contributed by atoms with Crippen molar-refractivity contribution in [2.24, 2.45) is 0 Å². The van der Waals surface area contributed by atoms with Crippen LogP contribution in [0.4, 0.5) is 5.82 Å². The third-order valence-corrected chi connectivity index (χ3v) is 3.56. The first-order valence-corrected chi connectivity index (χ1v) is 4.64. The summed E-state index contributed by atoms with van der Waals surface area (Å²) in [4.78, 5) is 3.99. The summed E-state index contributed by atoms with van der Waals surface area (Å²) in [6.45, 7) is 1.76. The molecule has 1 heterocycles. The van der Waals surface area contributed by atoms with Gasteiger partial charge in [-0.1, -0.05) is 23.2 Å². The smallest absolute Gasteiger partial charge is 0.138 e. The van der Waals surface area contributed by atoms with Crippen LogP contribution in [-0.4, -0.2) is 4.98 Å². The van der Waals surface area contributed by atoms with Gasteiger partial charge in [-0.05, 0) is 29.5 Å². The molecule has 11 heavy (non-hydrogen) atoms. The van der Waals surface area contributed by atoms with Crippen molar-refractivity contribution in [3.05, 3.63) is 19.3 Å². The fraction of sp³-hybridized carbons (Fsp3) is 0.167. The van der Waals surface area contributed by atoms with Gasteiger partial charge in [0.05, 0.1) is 19.3 Å². The molecule has 2 nitrogen and oxygen atoms in total. The molecule has 1 aromatic heterocycles. The van der Waals surface area contributed by atoms with Gasteiger partial charge in [-0.15, -0.1) is 0 Å². The maximum Gasteiger partial charge on any atom is 0.138 e. The fourth-order valence-electron chi connectivity index (χ4n) is 0.646. The third kappa shape index (κ3) is 1.71. The Morgan fingerprint density at radius 1 is 1.36 bits per heavy atom. The van der Waals surface area contributed by atoms with Crippen molar-refractivity contribution in [3.63, 3.8) is 0 Å². The summed E-state index contributed by atoms with van der Waals surface area (Å²) in [6.07, 6.45) is 0. The molecule has 1 rings (SSSR count). The lowest BCUT2D eigenvalue weighted by Gasteiger charge is -2.04. The molecule has 0 aromatic carbocycles. The van der Waals surface area contributed by atoms with Gasteiger partial charge in [-0.25, -0.2) is 4.98 Å². The number of nitrogens with two attached hydrogens (primary N) is 1. The van der Waals surface area contributed by atoms with E-state index in [0.717, 1.165) is 0 Å². The van der Waals surface area contributed by atoms with Gasteiger partial charge >= 0.3 is 0 Å². The van der Waals surface area contributed by atoms with Crippen LogP contribution < -0.4 is 5.73 Å². The van der Waals surface area contributed by atoms with Crippen molar-refractivity contribution >= 4 is 51.6 Å². The second kappa shape index (κ2) is 3.33. The molecular weight excluding hydrogens is 298 g/mol. The van der Waals surface area contributed by atoms with Crippen LogP contribution in [0, 0.1) is 10.5 Å². The second-order valence-electron chi connectivity index (χ2n) is 2.02. The Labute approximate surface area is 88.2 Å². The Morgan fingerprint density at radius 3 is 2.45 bits per heavy atom. The van der Waals surface area contributed by atoms with Crippen molar-refractivity contribution in [3.8, 4) is 0 Å². The lowest BCUT2D eigenvalue weighted by molar-refractivity contribution is 1.20. The minimum Gasteiger partial charge on any atom is -0.383 e. The highest BCUT2D eigenvalue weighted by atomic mass is 127. The normalized spacial score (nSPS) is 10.2. The number of nitrogens with zero attached hydrogens (tertiary/aromatic N) is 1. The zero-order chi connectivity index (χ0) is 8.59. The molecule has 0 amide bonds. The third-order valence-electron chi connectivity index (χ3n) is 1.22. The number of rotatable bonds is 0. The van der Waals surface area contributed by atoms with Gasteiger partial charge < -0.3 is 5.73 Å². The molecular formula is C6H5Cl2IN2. The van der Waals surface area contributed by atoms with Crippen molar-refractivity contribution in [2.45, 2.75) is 6.92 Å². The molecule has 0 fully saturated rings. The molecule has 2 N–H and O–H groups in total. The number of anilines is 1. The number of halogens is 3. The topological polar surface area (TPSA) is 38.9 Å². The van der Waals surface area contributed by atoms with Crippen LogP contribution in [-0.2, 0) is 0 Å². The van der Waals surface area contributed by atoms with Crippen LogP contribution in [0.15, 0.2) is 0 Å². The monoisotopic (exact) mass is 302 g/mol. The number of aromatic nitrogens is 1. The van der Waals surface area contributed by atoms with Crippen LogP contribution in [0.1, 0.15) is 5.69 Å². The Balaban J connectivity index is 3.46. The van der Waals surface area contributed by atoms with Crippen molar-refractivity contribution in [1.82, 2.24) is 4.98 Å². The van der Waals surface area contributed by atoms with Gasteiger partial charge in [0.1, 0.15) is 5.82 Å². The lowest BCUT2D eigenvalue weighted by Crippen LogP contribution is -1.97. The Hall–Kier alpha value is 0.260. The van der Waals surface area contributed by atoms with Crippen molar-refractivity contribution in [2.75, 3.05) is 5.73 Å². The number of aryl methyl sites for hydroxylation is 1. The standard InChI is InChI=1S/C6H5Cl2IN2/c1-2-3(7)4(8)5(9)6(10)11-2/h1H3,(H2,10,11). The first-order valence-electron chi connectivity index (χ1n) is 2.80. The predicted molar refractivity (Wildman–Crippen MR) is 56.1 cm³/mol. The van der Waals surface area contributed by atoms with E-state index in [1.807, 2.05) is 22.6 Å². The van der Waals surface area contributed by atoms with E-state index >= 15 is 0 Å². The van der Waals surface area contributed by atoms with Crippen molar-refractivity contribution < 1.29 is 0 Å². The summed E-state index contributed by atoms with van der Waals surface area (Å²) in [7, 11) is 0. The fourth-order valence-corrected chi connectivity index (χ4v) is 1.57.